The summed E-state index contributed by atoms with van der Waals surface area (Å²) in [6.07, 6.45) is -8.93. The molecule has 0 aliphatic carbocycles. The zero-order chi connectivity index (χ0) is 22.6. The second-order valence-corrected chi connectivity index (χ2v) is 3.77. The monoisotopic (exact) mass is 454 g/mol. The van der Waals surface area contributed by atoms with E-state index in [1.165, 1.54) is 14.0 Å². The first kappa shape index (κ1) is 30.4. The van der Waals surface area contributed by atoms with E-state index in [2.05, 4.69) is 28.4 Å². The third-order valence-electron chi connectivity index (χ3n) is 1.41. The molecule has 168 valence electrons. The van der Waals surface area contributed by atoms with Gasteiger partial charge in [-0.1, -0.05) is 0 Å². The number of hydrogen-bond donors (Lipinski definition) is 0. The maximum Gasteiger partial charge on any atom is 0.577 e. The van der Waals surface area contributed by atoms with Crippen molar-refractivity contribution in [3.63, 3.8) is 0 Å². The smallest absolute Gasteiger partial charge is 0.438 e. The molecule has 0 fully saturated rings. The van der Waals surface area contributed by atoms with E-state index in [9.17, 15) is 40.7 Å². The van der Waals surface area contributed by atoms with Gasteiger partial charge in [-0.2, -0.15) is 8.78 Å². The number of carbonyl (C=O) groups is 3. The number of ether oxygens (including phenoxy) is 6. The molecule has 0 unspecified atom stereocenters. The van der Waals surface area contributed by atoms with E-state index in [1.54, 1.807) is 0 Å². The SMILES string of the molecule is CCOC(=O)OC(F)(F)F.COC(=O)OCCCl.O=C(OCCF)OC(F)F. The molecule has 0 saturated heterocycles. The molecule has 0 spiro atoms. The first-order valence-corrected chi connectivity index (χ1v) is 7.33. The van der Waals surface area contributed by atoms with Crippen LogP contribution in [0, 0.1) is 0 Å². The number of carbonyl (C=O) groups excluding carboxylic acids is 3. The molecular weight excluding hydrogens is 438 g/mol. The van der Waals surface area contributed by atoms with Crippen LogP contribution in [0.5, 0.6) is 0 Å². The van der Waals surface area contributed by atoms with Crippen molar-refractivity contribution < 1.29 is 69.1 Å². The van der Waals surface area contributed by atoms with Gasteiger partial charge in [0.1, 0.15) is 19.9 Å². The van der Waals surface area contributed by atoms with Crippen LogP contribution in [0.3, 0.4) is 0 Å². The summed E-state index contributed by atoms with van der Waals surface area (Å²) in [7, 11) is 1.25. The molecule has 28 heavy (non-hydrogen) atoms. The lowest BCUT2D eigenvalue weighted by molar-refractivity contribution is -0.299. The molecule has 0 aromatic heterocycles. The van der Waals surface area contributed by atoms with Crippen LogP contribution >= 0.6 is 11.6 Å². The molecule has 0 aliphatic rings. The molecule has 0 rings (SSSR count). The molecule has 0 bridgehead atoms. The van der Waals surface area contributed by atoms with Crippen LogP contribution in [-0.2, 0) is 28.4 Å². The zero-order valence-corrected chi connectivity index (χ0v) is 15.2. The Balaban J connectivity index is -0.000000337. The van der Waals surface area contributed by atoms with Gasteiger partial charge in [0, 0.05) is 0 Å². The van der Waals surface area contributed by atoms with E-state index in [1.807, 2.05) is 0 Å². The maximum atomic E-state index is 11.2. The fraction of sp³-hybridized carbons (Fsp3) is 0.750. The molecular formula is C12H17ClF6O9. The van der Waals surface area contributed by atoms with E-state index in [0.29, 0.717) is 5.88 Å². The topological polar surface area (TPSA) is 107 Å². The summed E-state index contributed by atoms with van der Waals surface area (Å²) >= 11 is 5.17. The lowest BCUT2D eigenvalue weighted by atomic mass is 10.8. The minimum absolute atomic E-state index is 0.144. The van der Waals surface area contributed by atoms with Crippen LogP contribution < -0.4 is 0 Å². The number of methoxy groups -OCH3 is 1. The van der Waals surface area contributed by atoms with Gasteiger partial charge in [0.2, 0.25) is 0 Å². The Kier molecular flexibility index (Phi) is 21.1. The Morgan fingerprint density at radius 3 is 1.86 bits per heavy atom. The molecule has 0 aliphatic heterocycles. The lowest BCUT2D eigenvalue weighted by Crippen LogP contribution is -2.19. The highest BCUT2D eigenvalue weighted by Gasteiger charge is 2.34. The number of halogens is 7. The highest BCUT2D eigenvalue weighted by atomic mass is 35.5. The second-order valence-electron chi connectivity index (χ2n) is 3.39. The van der Waals surface area contributed by atoms with Gasteiger partial charge in [0.05, 0.1) is 19.6 Å². The summed E-state index contributed by atoms with van der Waals surface area (Å²) in [6.45, 7) is -3.27. The van der Waals surface area contributed by atoms with Crippen LogP contribution in [0.1, 0.15) is 6.92 Å². The summed E-state index contributed by atoms with van der Waals surface area (Å²) in [6, 6.07) is 0. The highest BCUT2D eigenvalue weighted by molar-refractivity contribution is 6.18. The molecule has 9 nitrogen and oxygen atoms in total. The minimum atomic E-state index is -4.95. The average molecular weight is 455 g/mol. The summed E-state index contributed by atoms with van der Waals surface area (Å²) < 4.78 is 88.8. The maximum absolute atomic E-state index is 11.2. The van der Waals surface area contributed by atoms with Gasteiger partial charge in [-0.3, -0.25) is 0 Å². The summed E-state index contributed by atoms with van der Waals surface area (Å²) in [5, 5.41) is 0. The largest absolute Gasteiger partial charge is 0.577 e. The van der Waals surface area contributed by atoms with Gasteiger partial charge in [-0.15, -0.1) is 24.8 Å². The van der Waals surface area contributed by atoms with E-state index < -0.39 is 44.7 Å². The number of hydrogen-bond acceptors (Lipinski definition) is 9. The predicted molar refractivity (Wildman–Crippen MR) is 77.7 cm³/mol. The highest BCUT2D eigenvalue weighted by Crippen LogP contribution is 2.16. The zero-order valence-electron chi connectivity index (χ0n) is 14.4. The van der Waals surface area contributed by atoms with Gasteiger partial charge in [0.15, 0.2) is 0 Å². The Morgan fingerprint density at radius 2 is 1.50 bits per heavy atom. The Morgan fingerprint density at radius 1 is 0.964 bits per heavy atom. The van der Waals surface area contributed by atoms with Gasteiger partial charge >= 0.3 is 31.4 Å². The molecule has 0 N–H and O–H groups in total. The van der Waals surface area contributed by atoms with Crippen molar-refractivity contribution >= 4 is 30.1 Å². The van der Waals surface area contributed by atoms with E-state index in [4.69, 9.17) is 11.6 Å². The van der Waals surface area contributed by atoms with Crippen LogP contribution in [0.25, 0.3) is 0 Å². The van der Waals surface area contributed by atoms with Crippen molar-refractivity contribution in [2.24, 2.45) is 0 Å². The average Bonchev–Trinajstić information content (AvgIpc) is 2.57. The molecule has 0 amide bonds. The number of rotatable bonds is 6. The van der Waals surface area contributed by atoms with Gasteiger partial charge < -0.3 is 28.4 Å². The first-order valence-electron chi connectivity index (χ1n) is 6.80. The summed E-state index contributed by atoms with van der Waals surface area (Å²) in [4.78, 5) is 29.9. The molecule has 0 atom stereocenters. The Labute approximate surface area is 159 Å². The second kappa shape index (κ2) is 19.4. The van der Waals surface area contributed by atoms with Crippen molar-refractivity contribution in [1.82, 2.24) is 0 Å². The quantitative estimate of drug-likeness (QED) is 0.254. The van der Waals surface area contributed by atoms with Gasteiger partial charge in [-0.25, -0.2) is 18.8 Å². The van der Waals surface area contributed by atoms with Gasteiger partial charge in [0.25, 0.3) is 0 Å². The van der Waals surface area contributed by atoms with Crippen LogP contribution in [0.15, 0.2) is 0 Å². The molecule has 0 saturated carbocycles. The lowest BCUT2D eigenvalue weighted by Gasteiger charge is -2.05. The molecule has 0 aromatic rings. The van der Waals surface area contributed by atoms with Crippen molar-refractivity contribution in [3.05, 3.63) is 0 Å². The Bertz CT molecular complexity index is 423. The van der Waals surface area contributed by atoms with E-state index in [0.717, 1.165) is 0 Å². The minimum Gasteiger partial charge on any atom is -0.438 e. The standard InChI is InChI=1S/C4H7ClO3.2C4H5F3O3/c1-7-4(6)8-3-2-5;1-2-9-3(8)10-4(5,6)7;5-1-2-9-4(8)10-3(6)7/h2-3H2,1H3;2H2,1H3;3H,1-2H2. The normalized spacial score (nSPS) is 9.64. The van der Waals surface area contributed by atoms with Crippen molar-refractivity contribution in [2.75, 3.05) is 39.5 Å². The first-order chi connectivity index (χ1) is 12.9. The van der Waals surface area contributed by atoms with E-state index in [-0.39, 0.29) is 13.2 Å². The van der Waals surface area contributed by atoms with Crippen molar-refractivity contribution in [1.29, 1.82) is 0 Å². The molecule has 0 radical (unpaired) electrons. The molecule has 16 heteroatoms. The fourth-order valence-electron chi connectivity index (χ4n) is 0.651. The van der Waals surface area contributed by atoms with Crippen molar-refractivity contribution in [2.45, 2.75) is 19.9 Å². The third kappa shape index (κ3) is 31.4. The predicted octanol–water partition coefficient (Wildman–Crippen LogP) is 4.02. The Hall–Kier alpha value is -2.32. The van der Waals surface area contributed by atoms with Crippen LogP contribution in [0.4, 0.5) is 40.7 Å². The summed E-state index contributed by atoms with van der Waals surface area (Å²) in [5.41, 5.74) is 0. The van der Waals surface area contributed by atoms with E-state index >= 15 is 0 Å². The summed E-state index contributed by atoms with van der Waals surface area (Å²) in [5.74, 6) is 0.301. The number of alkyl halides is 7. The van der Waals surface area contributed by atoms with Crippen LogP contribution in [0.2, 0.25) is 0 Å². The third-order valence-corrected chi connectivity index (χ3v) is 1.56. The molecule has 0 aromatic carbocycles. The van der Waals surface area contributed by atoms with Gasteiger partial charge in [-0.05, 0) is 6.92 Å². The van der Waals surface area contributed by atoms with Crippen LogP contribution in [-0.4, -0.2) is 70.9 Å². The van der Waals surface area contributed by atoms with Crippen molar-refractivity contribution in [3.8, 4) is 0 Å². The fourth-order valence-corrected chi connectivity index (χ4v) is 0.728. The molecule has 0 heterocycles.